The Morgan fingerprint density at radius 1 is 1.17 bits per heavy atom. The molecule has 3 aromatic rings. The lowest BCUT2D eigenvalue weighted by Crippen LogP contribution is -2.37. The predicted octanol–water partition coefficient (Wildman–Crippen LogP) is 3.71. The van der Waals surface area contributed by atoms with Crippen LogP contribution in [0.5, 0.6) is 0 Å². The molecule has 0 atom stereocenters. The van der Waals surface area contributed by atoms with Crippen molar-refractivity contribution in [2.75, 3.05) is 13.1 Å². The number of alkyl halides is 3. The topological polar surface area (TPSA) is 63.4 Å². The molecule has 1 fully saturated rings. The monoisotopic (exact) mass is 421 g/mol. The smallest absolute Gasteiger partial charge is 0.338 e. The number of aromatic nitrogens is 4. The van der Waals surface area contributed by atoms with Gasteiger partial charge in [-0.1, -0.05) is 0 Å². The van der Waals surface area contributed by atoms with Crippen molar-refractivity contribution in [3.63, 3.8) is 0 Å². The molecule has 6 nitrogen and oxygen atoms in total. The lowest BCUT2D eigenvalue weighted by Gasteiger charge is -2.31. The van der Waals surface area contributed by atoms with Gasteiger partial charge in [-0.25, -0.2) is 4.98 Å². The molecular weight excluding hydrogens is 403 g/mol. The minimum Gasteiger partial charge on any atom is -0.338 e. The molecule has 1 aliphatic carbocycles. The number of piperidine rings is 1. The molecule has 0 unspecified atom stereocenters. The van der Waals surface area contributed by atoms with E-state index in [1.165, 1.54) is 10.4 Å². The largest absolute Gasteiger partial charge is 0.433 e. The van der Waals surface area contributed by atoms with Crippen molar-refractivity contribution in [1.29, 1.82) is 0 Å². The number of fused-ring (bicyclic) bond motifs is 2. The summed E-state index contributed by atoms with van der Waals surface area (Å²) in [6, 6.07) is 3.07. The Hall–Kier alpha value is -2.49. The zero-order valence-electron chi connectivity index (χ0n) is 15.4. The van der Waals surface area contributed by atoms with Gasteiger partial charge in [0, 0.05) is 29.6 Å². The van der Waals surface area contributed by atoms with E-state index in [2.05, 4.69) is 15.1 Å². The fourth-order valence-corrected chi connectivity index (χ4v) is 5.43. The first-order chi connectivity index (χ1) is 13.9. The Balaban J connectivity index is 1.33. The van der Waals surface area contributed by atoms with Crippen molar-refractivity contribution >= 4 is 23.0 Å². The second kappa shape index (κ2) is 6.79. The summed E-state index contributed by atoms with van der Waals surface area (Å²) in [4.78, 5) is 24.8. The van der Waals surface area contributed by atoms with E-state index < -0.39 is 11.9 Å². The van der Waals surface area contributed by atoms with Crippen LogP contribution in [0.4, 0.5) is 13.2 Å². The van der Waals surface area contributed by atoms with Gasteiger partial charge in [-0.3, -0.25) is 4.79 Å². The second-order valence-electron chi connectivity index (χ2n) is 7.51. The predicted molar refractivity (Wildman–Crippen MR) is 100 cm³/mol. The number of likely N-dealkylation sites (tertiary alicyclic amines) is 1. The number of rotatable bonds is 2. The third-order valence-corrected chi connectivity index (χ3v) is 6.95. The van der Waals surface area contributed by atoms with Crippen molar-refractivity contribution in [3.05, 3.63) is 45.2 Å². The van der Waals surface area contributed by atoms with E-state index in [9.17, 15) is 18.0 Å². The van der Waals surface area contributed by atoms with Crippen LogP contribution in [0, 0.1) is 0 Å². The van der Waals surface area contributed by atoms with Gasteiger partial charge in [0.2, 0.25) is 0 Å². The van der Waals surface area contributed by atoms with E-state index in [1.54, 1.807) is 16.2 Å². The number of hydrogen-bond donors (Lipinski definition) is 0. The van der Waals surface area contributed by atoms with E-state index in [0.717, 1.165) is 41.0 Å². The Kier molecular flexibility index (Phi) is 4.34. The summed E-state index contributed by atoms with van der Waals surface area (Å²) < 4.78 is 40.9. The van der Waals surface area contributed by atoms with Crippen LogP contribution in [0.15, 0.2) is 18.5 Å². The maximum Gasteiger partial charge on any atom is 0.433 e. The standard InChI is InChI=1S/C19H18F3N5OS/c20-19(21,22)16-9-13(25-18-23-10-24-27(16)18)11-4-6-26(7-5-11)17(28)15-8-12-2-1-3-14(12)29-15/h8-11H,1-7H2. The second-order valence-corrected chi connectivity index (χ2v) is 8.65. The normalized spacial score (nSPS) is 17.8. The quantitative estimate of drug-likeness (QED) is 0.633. The zero-order chi connectivity index (χ0) is 20.2. The van der Waals surface area contributed by atoms with Crippen LogP contribution >= 0.6 is 11.3 Å². The van der Waals surface area contributed by atoms with Crippen LogP contribution in [-0.2, 0) is 19.0 Å². The third kappa shape index (κ3) is 3.29. The van der Waals surface area contributed by atoms with Gasteiger partial charge in [0.1, 0.15) is 6.33 Å². The van der Waals surface area contributed by atoms with Crippen LogP contribution < -0.4 is 0 Å². The van der Waals surface area contributed by atoms with Crippen LogP contribution in [0.3, 0.4) is 0 Å². The summed E-state index contributed by atoms with van der Waals surface area (Å²) in [7, 11) is 0. The Labute approximate surface area is 168 Å². The fourth-order valence-electron chi connectivity index (χ4n) is 4.21. The van der Waals surface area contributed by atoms with Crippen molar-refractivity contribution in [2.24, 2.45) is 0 Å². The molecule has 0 spiro atoms. The van der Waals surface area contributed by atoms with Gasteiger partial charge < -0.3 is 4.90 Å². The molecule has 1 saturated heterocycles. The van der Waals surface area contributed by atoms with Gasteiger partial charge in [0.15, 0.2) is 5.69 Å². The number of aryl methyl sites for hydroxylation is 2. The number of thiophene rings is 1. The molecule has 4 heterocycles. The Morgan fingerprint density at radius 3 is 2.69 bits per heavy atom. The zero-order valence-corrected chi connectivity index (χ0v) is 16.3. The Bertz CT molecular complexity index is 1060. The molecule has 1 aliphatic heterocycles. The van der Waals surface area contributed by atoms with E-state index in [4.69, 9.17) is 0 Å². The van der Waals surface area contributed by atoms with Crippen LogP contribution in [0.25, 0.3) is 5.78 Å². The molecule has 0 N–H and O–H groups in total. The molecule has 0 bridgehead atoms. The number of halogens is 3. The first kappa shape index (κ1) is 18.5. The van der Waals surface area contributed by atoms with Gasteiger partial charge in [-0.15, -0.1) is 11.3 Å². The number of carbonyl (C=O) groups excluding carboxylic acids is 1. The average Bonchev–Trinajstić information content (AvgIpc) is 3.41. The minimum absolute atomic E-state index is 0.0275. The van der Waals surface area contributed by atoms with Crippen molar-refractivity contribution in [1.82, 2.24) is 24.5 Å². The van der Waals surface area contributed by atoms with Gasteiger partial charge in [0.25, 0.3) is 11.7 Å². The number of hydrogen-bond acceptors (Lipinski definition) is 5. The lowest BCUT2D eigenvalue weighted by atomic mass is 9.92. The van der Waals surface area contributed by atoms with Crippen LogP contribution in [0.1, 0.15) is 56.7 Å². The van der Waals surface area contributed by atoms with E-state index >= 15 is 0 Å². The van der Waals surface area contributed by atoms with E-state index in [0.29, 0.717) is 31.6 Å². The molecule has 10 heteroatoms. The number of amides is 1. The number of nitrogens with zero attached hydrogens (tertiary/aromatic N) is 5. The van der Waals surface area contributed by atoms with Crippen LogP contribution in [0.2, 0.25) is 0 Å². The molecule has 152 valence electrons. The third-order valence-electron chi connectivity index (χ3n) is 5.72. The highest BCUT2D eigenvalue weighted by atomic mass is 32.1. The van der Waals surface area contributed by atoms with E-state index in [1.807, 2.05) is 6.07 Å². The maximum atomic E-state index is 13.4. The van der Waals surface area contributed by atoms with Gasteiger partial charge >= 0.3 is 6.18 Å². The lowest BCUT2D eigenvalue weighted by molar-refractivity contribution is -0.142. The molecule has 29 heavy (non-hydrogen) atoms. The highest BCUT2D eigenvalue weighted by molar-refractivity contribution is 7.14. The van der Waals surface area contributed by atoms with Crippen molar-refractivity contribution in [2.45, 2.75) is 44.2 Å². The van der Waals surface area contributed by atoms with Gasteiger partial charge in [0.05, 0.1) is 4.88 Å². The molecule has 0 saturated carbocycles. The molecule has 0 aromatic carbocycles. The first-order valence-corrected chi connectivity index (χ1v) is 10.4. The highest BCUT2D eigenvalue weighted by Gasteiger charge is 2.36. The summed E-state index contributed by atoms with van der Waals surface area (Å²) in [6.07, 6.45) is 0.926. The minimum atomic E-state index is -4.54. The van der Waals surface area contributed by atoms with E-state index in [-0.39, 0.29) is 17.6 Å². The van der Waals surface area contributed by atoms with Gasteiger partial charge in [-0.2, -0.15) is 27.8 Å². The molecule has 3 aromatic heterocycles. The summed E-state index contributed by atoms with van der Waals surface area (Å²) in [5, 5.41) is 3.63. The number of carbonyl (C=O) groups is 1. The highest BCUT2D eigenvalue weighted by Crippen LogP contribution is 2.35. The first-order valence-electron chi connectivity index (χ1n) is 9.59. The Morgan fingerprint density at radius 2 is 1.97 bits per heavy atom. The molecular formula is C19H18F3N5OS. The molecule has 2 aliphatic rings. The van der Waals surface area contributed by atoms with Crippen LogP contribution in [-0.4, -0.2) is 43.5 Å². The van der Waals surface area contributed by atoms with Gasteiger partial charge in [-0.05, 0) is 49.8 Å². The summed E-state index contributed by atoms with van der Waals surface area (Å²) >= 11 is 1.58. The summed E-state index contributed by atoms with van der Waals surface area (Å²) in [5.74, 6) is -0.170. The van der Waals surface area contributed by atoms with Crippen molar-refractivity contribution in [3.8, 4) is 0 Å². The molecule has 0 radical (unpaired) electrons. The molecule has 1 amide bonds. The maximum absolute atomic E-state index is 13.4. The fraction of sp³-hybridized carbons (Fsp3) is 0.474. The summed E-state index contributed by atoms with van der Waals surface area (Å²) in [6.45, 7) is 1.01. The average molecular weight is 421 g/mol. The van der Waals surface area contributed by atoms with Crippen molar-refractivity contribution < 1.29 is 18.0 Å². The SMILES string of the molecule is O=C(c1cc2c(s1)CCC2)N1CCC(c2cc(C(F)(F)F)n3ncnc3n2)CC1. The summed E-state index contributed by atoms with van der Waals surface area (Å²) in [5.41, 5.74) is 0.778. The molecule has 5 rings (SSSR count).